The van der Waals surface area contributed by atoms with Crippen molar-refractivity contribution in [2.24, 2.45) is 15.2 Å². The van der Waals surface area contributed by atoms with Crippen LogP contribution in [-0.4, -0.2) is 5.78 Å². The monoisotopic (exact) mass is 183 g/mol. The van der Waals surface area contributed by atoms with Crippen LogP contribution in [0, 0.1) is 0 Å². The van der Waals surface area contributed by atoms with Crippen LogP contribution in [-0.2, 0) is 0 Å². The first-order chi connectivity index (χ1) is 6.86. The summed E-state index contributed by atoms with van der Waals surface area (Å²) in [7, 11) is 0. The van der Waals surface area contributed by atoms with E-state index in [9.17, 15) is 4.79 Å². The number of benzene rings is 1. The Bertz CT molecular complexity index is 611. The van der Waals surface area contributed by atoms with Gasteiger partial charge in [0.05, 0.1) is 17.1 Å². The highest BCUT2D eigenvalue weighted by Crippen LogP contribution is 2.16. The molecule has 0 bridgehead atoms. The van der Waals surface area contributed by atoms with Crippen LogP contribution in [0.5, 0.6) is 0 Å². The Labute approximate surface area is 79.0 Å². The molecule has 66 valence electrons. The lowest BCUT2D eigenvalue weighted by molar-refractivity contribution is 0.104. The smallest absolute Gasteiger partial charge is 0.191 e. The average Bonchev–Trinajstić information content (AvgIpc) is 2.65. The largest absolute Gasteiger partial charge is 0.289 e. The molecule has 0 N–H and O–H groups in total. The van der Waals surface area contributed by atoms with Gasteiger partial charge in [0.25, 0.3) is 0 Å². The van der Waals surface area contributed by atoms with Crippen LogP contribution < -0.4 is 10.6 Å². The quantitative estimate of drug-likeness (QED) is 0.588. The van der Waals surface area contributed by atoms with Crippen molar-refractivity contribution in [2.45, 2.75) is 0 Å². The summed E-state index contributed by atoms with van der Waals surface area (Å²) < 4.78 is 0. The topological polar surface area (TPSA) is 54.1 Å². The summed E-state index contributed by atoms with van der Waals surface area (Å²) in [4.78, 5) is 15.7. The molecule has 0 spiro atoms. The van der Waals surface area contributed by atoms with Crippen LogP contribution in [0.3, 0.4) is 0 Å². The van der Waals surface area contributed by atoms with Gasteiger partial charge in [-0.1, -0.05) is 0 Å². The lowest BCUT2D eigenvalue weighted by Crippen LogP contribution is -2.20. The number of ketones is 1. The second-order valence-corrected chi connectivity index (χ2v) is 3.05. The molecular formula is C10H5N3O. The maximum absolute atomic E-state index is 11.6. The molecule has 0 radical (unpaired) electrons. The molecule has 2 aliphatic rings. The van der Waals surface area contributed by atoms with Gasteiger partial charge in [0, 0.05) is 17.5 Å². The molecule has 2 aliphatic heterocycles. The Balaban J connectivity index is 2.52. The van der Waals surface area contributed by atoms with Crippen molar-refractivity contribution in [3.05, 3.63) is 40.5 Å². The molecule has 3 rings (SSSR count). The molecule has 2 heterocycles. The van der Waals surface area contributed by atoms with E-state index in [1.54, 1.807) is 6.20 Å². The van der Waals surface area contributed by atoms with E-state index in [1.165, 1.54) is 12.3 Å². The number of hydrogen-bond donors (Lipinski definition) is 0. The maximum atomic E-state index is 11.6. The molecular weight excluding hydrogens is 178 g/mol. The fourth-order valence-corrected chi connectivity index (χ4v) is 1.58. The number of allylic oxidation sites excluding steroid dienone is 1. The molecule has 0 fully saturated rings. The van der Waals surface area contributed by atoms with Gasteiger partial charge < -0.3 is 0 Å². The third-order valence-electron chi connectivity index (χ3n) is 2.23. The van der Waals surface area contributed by atoms with Gasteiger partial charge in [-0.2, -0.15) is 5.11 Å². The third kappa shape index (κ3) is 0.821. The predicted molar refractivity (Wildman–Crippen MR) is 49.7 cm³/mol. The number of rotatable bonds is 0. The first kappa shape index (κ1) is 7.32. The zero-order chi connectivity index (χ0) is 9.54. The normalized spacial score (nSPS) is 15.9. The lowest BCUT2D eigenvalue weighted by atomic mass is 10.0. The first-order valence-corrected chi connectivity index (χ1v) is 4.19. The number of carbonyl (C=O) groups is 1. The minimum Gasteiger partial charge on any atom is -0.289 e. The second kappa shape index (κ2) is 2.45. The van der Waals surface area contributed by atoms with E-state index < -0.39 is 0 Å². The molecule has 0 aromatic heterocycles. The molecule has 1 aromatic carbocycles. The molecule has 4 heteroatoms. The molecule has 0 saturated heterocycles. The van der Waals surface area contributed by atoms with Crippen molar-refractivity contribution in [2.75, 3.05) is 0 Å². The van der Waals surface area contributed by atoms with E-state index in [4.69, 9.17) is 0 Å². The van der Waals surface area contributed by atoms with Gasteiger partial charge in [-0.05, 0) is 12.1 Å². The Hall–Kier alpha value is -2.10. The van der Waals surface area contributed by atoms with Crippen LogP contribution >= 0.6 is 0 Å². The van der Waals surface area contributed by atoms with Gasteiger partial charge in [0.15, 0.2) is 5.78 Å². The van der Waals surface area contributed by atoms with E-state index in [0.717, 1.165) is 5.22 Å². The summed E-state index contributed by atoms with van der Waals surface area (Å²) in [5.41, 5.74) is 1.20. The summed E-state index contributed by atoms with van der Waals surface area (Å²) in [6.45, 7) is 0. The predicted octanol–water partition coefficient (Wildman–Crippen LogP) is 0.852. The number of fused-ring (bicyclic) bond motifs is 3. The highest BCUT2D eigenvalue weighted by atomic mass is 16.1. The number of hydrogen-bond acceptors (Lipinski definition) is 4. The first-order valence-electron chi connectivity index (χ1n) is 4.19. The zero-order valence-electron chi connectivity index (χ0n) is 7.14. The van der Waals surface area contributed by atoms with E-state index in [0.29, 0.717) is 16.6 Å². The molecule has 0 amide bonds. The van der Waals surface area contributed by atoms with Gasteiger partial charge in [0.1, 0.15) is 5.69 Å². The van der Waals surface area contributed by atoms with Crippen LogP contribution in [0.25, 0.3) is 6.20 Å². The van der Waals surface area contributed by atoms with Crippen molar-refractivity contribution in [1.82, 2.24) is 0 Å². The van der Waals surface area contributed by atoms with Crippen LogP contribution in [0.2, 0.25) is 0 Å². The standard InChI is InChI=1S/C10H5N3O/c14-8-3-4-11-7-2-1-6-5-12-13-10(6)9(7)8/h1-5H. The average molecular weight is 183 g/mol. The SMILES string of the molecule is O=C1C=CN=c2ccc3c(c21)N=NC=3. The summed E-state index contributed by atoms with van der Waals surface area (Å²) >= 11 is 0. The van der Waals surface area contributed by atoms with E-state index in [-0.39, 0.29) is 5.78 Å². The summed E-state index contributed by atoms with van der Waals surface area (Å²) in [6, 6.07) is 3.67. The van der Waals surface area contributed by atoms with Crippen molar-refractivity contribution in [1.29, 1.82) is 0 Å². The van der Waals surface area contributed by atoms with Crippen molar-refractivity contribution in [3.8, 4) is 0 Å². The minimum atomic E-state index is -0.0545. The van der Waals surface area contributed by atoms with Crippen LogP contribution in [0.4, 0.5) is 5.69 Å². The van der Waals surface area contributed by atoms with Crippen molar-refractivity contribution in [3.63, 3.8) is 0 Å². The highest BCUT2D eigenvalue weighted by Gasteiger charge is 2.16. The summed E-state index contributed by atoms with van der Waals surface area (Å²) in [5, 5.41) is 9.24. The van der Waals surface area contributed by atoms with Gasteiger partial charge in [-0.25, -0.2) is 0 Å². The van der Waals surface area contributed by atoms with Crippen LogP contribution in [0.1, 0.15) is 10.4 Å². The van der Waals surface area contributed by atoms with Crippen molar-refractivity contribution >= 4 is 17.7 Å². The lowest BCUT2D eigenvalue weighted by Gasteiger charge is -2.02. The van der Waals surface area contributed by atoms with Gasteiger partial charge >= 0.3 is 0 Å². The Morgan fingerprint density at radius 2 is 2.14 bits per heavy atom. The van der Waals surface area contributed by atoms with E-state index in [2.05, 4.69) is 15.2 Å². The number of azo groups is 1. The van der Waals surface area contributed by atoms with E-state index >= 15 is 0 Å². The minimum absolute atomic E-state index is 0.0545. The summed E-state index contributed by atoms with van der Waals surface area (Å²) in [5.74, 6) is -0.0545. The number of carbonyl (C=O) groups excluding carboxylic acids is 1. The van der Waals surface area contributed by atoms with Gasteiger partial charge in [0.2, 0.25) is 0 Å². The Kier molecular flexibility index (Phi) is 1.28. The molecule has 0 atom stereocenters. The maximum Gasteiger partial charge on any atom is 0.191 e. The third-order valence-corrected chi connectivity index (χ3v) is 2.23. The molecule has 1 aromatic rings. The van der Waals surface area contributed by atoms with Crippen LogP contribution in [0.15, 0.2) is 39.6 Å². The summed E-state index contributed by atoms with van der Waals surface area (Å²) in [6.07, 6.45) is 4.59. The molecule has 0 unspecified atom stereocenters. The van der Waals surface area contributed by atoms with Crippen molar-refractivity contribution < 1.29 is 4.79 Å². The molecule has 14 heavy (non-hydrogen) atoms. The second-order valence-electron chi connectivity index (χ2n) is 3.05. The van der Waals surface area contributed by atoms with Gasteiger partial charge in [-0.3, -0.25) is 9.79 Å². The molecule has 0 aliphatic carbocycles. The van der Waals surface area contributed by atoms with E-state index in [1.807, 2.05) is 12.1 Å². The Morgan fingerprint density at radius 1 is 1.21 bits per heavy atom. The zero-order valence-corrected chi connectivity index (χ0v) is 7.14. The fourth-order valence-electron chi connectivity index (χ4n) is 1.58. The highest BCUT2D eigenvalue weighted by molar-refractivity contribution is 6.08. The molecule has 0 saturated carbocycles. The number of nitrogens with zero attached hydrogens (tertiary/aromatic N) is 3. The van der Waals surface area contributed by atoms with Gasteiger partial charge in [-0.15, -0.1) is 5.11 Å². The fraction of sp³-hybridized carbons (Fsp3) is 0. The Morgan fingerprint density at radius 3 is 3.07 bits per heavy atom. The molecule has 4 nitrogen and oxygen atoms in total.